The van der Waals surface area contributed by atoms with Crippen molar-refractivity contribution in [2.24, 2.45) is 5.92 Å². The van der Waals surface area contributed by atoms with Gasteiger partial charge in [-0.05, 0) is 37.3 Å². The van der Waals surface area contributed by atoms with Gasteiger partial charge in [0, 0.05) is 18.5 Å². The van der Waals surface area contributed by atoms with Gasteiger partial charge in [-0.3, -0.25) is 4.79 Å². The van der Waals surface area contributed by atoms with Crippen molar-refractivity contribution in [1.29, 1.82) is 0 Å². The third-order valence-electron chi connectivity index (χ3n) is 4.90. The predicted molar refractivity (Wildman–Crippen MR) is 78.7 cm³/mol. The number of rotatable bonds is 2. The number of carbonyl (C=O) groups is 1. The molecule has 0 radical (unpaired) electrons. The second-order valence-electron chi connectivity index (χ2n) is 5.96. The number of nitrogens with one attached hydrogen (secondary N) is 1. The molecule has 2 aliphatic rings. The van der Waals surface area contributed by atoms with Crippen molar-refractivity contribution in [3.8, 4) is 0 Å². The maximum Gasteiger partial charge on any atom is 0.311 e. The molecule has 1 aromatic rings. The fraction of sp³-hybridized carbons (Fsp3) is 0.588. The third kappa shape index (κ3) is 2.14. The van der Waals surface area contributed by atoms with E-state index >= 15 is 0 Å². The number of benzene rings is 1. The molecule has 1 heterocycles. The predicted octanol–water partition coefficient (Wildman–Crippen LogP) is 2.43. The molecule has 2 unspecified atom stereocenters. The van der Waals surface area contributed by atoms with Gasteiger partial charge < -0.3 is 10.1 Å². The monoisotopic (exact) mass is 273 g/mol. The number of hydrogen-bond acceptors (Lipinski definition) is 3. The van der Waals surface area contributed by atoms with Gasteiger partial charge in [0.15, 0.2) is 0 Å². The zero-order chi connectivity index (χ0) is 14.0. The Morgan fingerprint density at radius 3 is 3.10 bits per heavy atom. The number of fused-ring (bicyclic) bond motifs is 2. The number of esters is 1. The highest BCUT2D eigenvalue weighted by atomic mass is 16.5. The molecule has 0 amide bonds. The molecule has 0 bridgehead atoms. The van der Waals surface area contributed by atoms with Crippen LogP contribution in [0.1, 0.15) is 37.3 Å². The van der Waals surface area contributed by atoms with E-state index in [1.807, 2.05) is 6.92 Å². The second-order valence-corrected chi connectivity index (χ2v) is 5.96. The minimum Gasteiger partial charge on any atom is -0.466 e. The molecule has 3 heteroatoms. The lowest BCUT2D eigenvalue weighted by atomic mass is 9.69. The fourth-order valence-corrected chi connectivity index (χ4v) is 3.97. The lowest BCUT2D eigenvalue weighted by molar-refractivity contribution is -0.149. The van der Waals surface area contributed by atoms with Crippen LogP contribution in [0.25, 0.3) is 0 Å². The molecule has 1 aliphatic heterocycles. The van der Waals surface area contributed by atoms with E-state index in [0.717, 1.165) is 25.9 Å². The van der Waals surface area contributed by atoms with Crippen LogP contribution in [0.3, 0.4) is 0 Å². The Labute approximate surface area is 120 Å². The Morgan fingerprint density at radius 2 is 2.25 bits per heavy atom. The van der Waals surface area contributed by atoms with E-state index in [2.05, 4.69) is 29.6 Å². The highest BCUT2D eigenvalue weighted by Gasteiger charge is 2.49. The summed E-state index contributed by atoms with van der Waals surface area (Å²) in [7, 11) is 0. The zero-order valence-corrected chi connectivity index (χ0v) is 12.2. The van der Waals surface area contributed by atoms with Gasteiger partial charge >= 0.3 is 5.97 Å². The highest BCUT2D eigenvalue weighted by Crippen LogP contribution is 2.44. The van der Waals surface area contributed by atoms with E-state index in [1.165, 1.54) is 24.0 Å². The van der Waals surface area contributed by atoms with Crippen molar-refractivity contribution < 1.29 is 9.53 Å². The summed E-state index contributed by atoms with van der Waals surface area (Å²) in [6, 6.07) is 8.66. The van der Waals surface area contributed by atoms with Crippen LogP contribution in [0.4, 0.5) is 0 Å². The summed E-state index contributed by atoms with van der Waals surface area (Å²) in [6.07, 6.45) is 4.62. The van der Waals surface area contributed by atoms with Crippen LogP contribution in [0, 0.1) is 5.92 Å². The number of ether oxygens (including phenoxy) is 1. The molecule has 1 N–H and O–H groups in total. The summed E-state index contributed by atoms with van der Waals surface area (Å²) in [5.74, 6) is -0.0732. The van der Waals surface area contributed by atoms with Crippen molar-refractivity contribution in [2.75, 3.05) is 19.7 Å². The largest absolute Gasteiger partial charge is 0.466 e. The smallest absolute Gasteiger partial charge is 0.311 e. The standard InChI is InChI=1S/C17H23NO2/c1-2-20-16(19)15-11-18-12-17(15)10-6-5-8-13-7-3-4-9-14(13)17/h3-4,7,9,15,18H,2,5-6,8,10-12H2,1H3. The van der Waals surface area contributed by atoms with Crippen LogP contribution in [-0.2, 0) is 21.4 Å². The Kier molecular flexibility index (Phi) is 3.79. The van der Waals surface area contributed by atoms with E-state index in [1.54, 1.807) is 0 Å². The first-order chi connectivity index (χ1) is 9.78. The van der Waals surface area contributed by atoms with Gasteiger partial charge in [-0.1, -0.05) is 30.7 Å². The van der Waals surface area contributed by atoms with Crippen molar-refractivity contribution in [3.63, 3.8) is 0 Å². The summed E-state index contributed by atoms with van der Waals surface area (Å²) in [5.41, 5.74) is 2.74. The highest BCUT2D eigenvalue weighted by molar-refractivity contribution is 5.76. The molecule has 3 rings (SSSR count). The van der Waals surface area contributed by atoms with Gasteiger partial charge in [-0.2, -0.15) is 0 Å². The minimum absolute atomic E-state index is 0.0331. The summed E-state index contributed by atoms with van der Waals surface area (Å²) in [4.78, 5) is 12.4. The summed E-state index contributed by atoms with van der Waals surface area (Å²) in [5, 5.41) is 3.44. The van der Waals surface area contributed by atoms with Gasteiger partial charge in [0.2, 0.25) is 0 Å². The summed E-state index contributed by atoms with van der Waals surface area (Å²) in [6.45, 7) is 3.99. The van der Waals surface area contributed by atoms with E-state index in [-0.39, 0.29) is 17.3 Å². The number of aryl methyl sites for hydroxylation is 1. The van der Waals surface area contributed by atoms with Crippen molar-refractivity contribution >= 4 is 5.97 Å². The van der Waals surface area contributed by atoms with Crippen LogP contribution in [0.2, 0.25) is 0 Å². The second kappa shape index (κ2) is 5.57. The van der Waals surface area contributed by atoms with E-state index in [4.69, 9.17) is 4.74 Å². The van der Waals surface area contributed by atoms with Crippen LogP contribution in [-0.4, -0.2) is 25.7 Å². The SMILES string of the molecule is CCOC(=O)C1CNCC12CCCCc1ccccc12. The van der Waals surface area contributed by atoms with Gasteiger partial charge in [-0.15, -0.1) is 0 Å². The van der Waals surface area contributed by atoms with Crippen molar-refractivity contribution in [1.82, 2.24) is 5.32 Å². The zero-order valence-electron chi connectivity index (χ0n) is 12.2. The molecule has 1 saturated heterocycles. The first-order valence-corrected chi connectivity index (χ1v) is 7.73. The topological polar surface area (TPSA) is 38.3 Å². The third-order valence-corrected chi connectivity index (χ3v) is 4.90. The van der Waals surface area contributed by atoms with E-state index in [9.17, 15) is 4.79 Å². The molecule has 1 fully saturated rings. The van der Waals surface area contributed by atoms with Crippen LogP contribution < -0.4 is 5.32 Å². The Hall–Kier alpha value is -1.35. The molecule has 3 nitrogen and oxygen atoms in total. The summed E-state index contributed by atoms with van der Waals surface area (Å²) >= 11 is 0. The maximum atomic E-state index is 12.4. The Morgan fingerprint density at radius 1 is 1.40 bits per heavy atom. The quantitative estimate of drug-likeness (QED) is 0.841. The molecule has 1 aromatic carbocycles. The lowest BCUT2D eigenvalue weighted by Crippen LogP contribution is -2.40. The first-order valence-electron chi connectivity index (χ1n) is 7.73. The average molecular weight is 273 g/mol. The molecule has 2 atom stereocenters. The molecule has 1 spiro atoms. The van der Waals surface area contributed by atoms with Crippen molar-refractivity contribution in [2.45, 2.75) is 38.0 Å². The van der Waals surface area contributed by atoms with Crippen molar-refractivity contribution in [3.05, 3.63) is 35.4 Å². The van der Waals surface area contributed by atoms with Gasteiger partial charge in [0.25, 0.3) is 0 Å². The maximum absolute atomic E-state index is 12.4. The normalized spacial score (nSPS) is 28.9. The lowest BCUT2D eigenvalue weighted by Gasteiger charge is -2.34. The molecular weight excluding hydrogens is 250 g/mol. The molecule has 108 valence electrons. The number of carbonyl (C=O) groups excluding carboxylic acids is 1. The van der Waals surface area contributed by atoms with Crippen LogP contribution in [0.15, 0.2) is 24.3 Å². The molecule has 1 aliphatic carbocycles. The minimum atomic E-state index is -0.0562. The van der Waals surface area contributed by atoms with Crippen LogP contribution in [0.5, 0.6) is 0 Å². The van der Waals surface area contributed by atoms with Gasteiger partial charge in [0.1, 0.15) is 0 Å². The molecular formula is C17H23NO2. The summed E-state index contributed by atoms with van der Waals surface area (Å²) < 4.78 is 5.33. The first kappa shape index (κ1) is 13.6. The van der Waals surface area contributed by atoms with E-state index < -0.39 is 0 Å². The Balaban J connectivity index is 2.03. The van der Waals surface area contributed by atoms with E-state index in [0.29, 0.717) is 6.61 Å². The molecule has 20 heavy (non-hydrogen) atoms. The fourth-order valence-electron chi connectivity index (χ4n) is 3.97. The van der Waals surface area contributed by atoms with Gasteiger partial charge in [-0.25, -0.2) is 0 Å². The number of hydrogen-bond donors (Lipinski definition) is 1. The molecule has 0 saturated carbocycles. The molecule has 0 aromatic heterocycles. The average Bonchev–Trinajstić information content (AvgIpc) is 2.80. The Bertz CT molecular complexity index is 500. The van der Waals surface area contributed by atoms with Crippen LogP contribution >= 0.6 is 0 Å². The van der Waals surface area contributed by atoms with Gasteiger partial charge in [0.05, 0.1) is 12.5 Å².